The summed E-state index contributed by atoms with van der Waals surface area (Å²) in [7, 11) is -1.96. The average molecular weight is 326 g/mol. The fourth-order valence-corrected chi connectivity index (χ4v) is 4.24. The van der Waals surface area contributed by atoms with Gasteiger partial charge in [0.2, 0.25) is 10.0 Å². The van der Waals surface area contributed by atoms with E-state index in [-0.39, 0.29) is 10.9 Å². The van der Waals surface area contributed by atoms with Gasteiger partial charge in [-0.1, -0.05) is 6.07 Å². The van der Waals surface area contributed by atoms with E-state index in [1.807, 2.05) is 0 Å². The van der Waals surface area contributed by atoms with Gasteiger partial charge in [-0.25, -0.2) is 13.1 Å². The minimum Gasteiger partial charge on any atom is -0.497 e. The third-order valence-electron chi connectivity index (χ3n) is 4.29. The van der Waals surface area contributed by atoms with Crippen LogP contribution in [0.25, 0.3) is 0 Å². The molecular weight excluding hydrogens is 304 g/mol. The molecule has 2 aliphatic rings. The molecule has 22 heavy (non-hydrogen) atoms. The van der Waals surface area contributed by atoms with Gasteiger partial charge in [0.15, 0.2) is 0 Å². The van der Waals surface area contributed by atoms with E-state index in [9.17, 15) is 8.42 Å². The van der Waals surface area contributed by atoms with Crippen LogP contribution in [0.4, 0.5) is 0 Å². The van der Waals surface area contributed by atoms with Crippen LogP contribution in [0.2, 0.25) is 0 Å². The van der Waals surface area contributed by atoms with Gasteiger partial charge in [0.05, 0.1) is 12.0 Å². The molecule has 1 aromatic carbocycles. The van der Waals surface area contributed by atoms with Crippen molar-refractivity contribution in [3.05, 3.63) is 24.3 Å². The van der Waals surface area contributed by atoms with Gasteiger partial charge < -0.3 is 9.47 Å². The minimum atomic E-state index is -3.49. The molecule has 2 saturated heterocycles. The van der Waals surface area contributed by atoms with Crippen LogP contribution in [-0.2, 0) is 14.8 Å². The Bertz CT molecular complexity index is 608. The molecule has 0 radical (unpaired) electrons. The van der Waals surface area contributed by atoms with E-state index in [0.29, 0.717) is 11.8 Å². The maximum absolute atomic E-state index is 12.4. The van der Waals surface area contributed by atoms with Crippen molar-refractivity contribution in [3.8, 4) is 5.75 Å². The lowest BCUT2D eigenvalue weighted by Crippen LogP contribution is -2.62. The number of methoxy groups -OCH3 is 1. The summed E-state index contributed by atoms with van der Waals surface area (Å²) in [6.45, 7) is 3.16. The Hall–Kier alpha value is -1.15. The van der Waals surface area contributed by atoms with E-state index >= 15 is 0 Å². The van der Waals surface area contributed by atoms with Crippen molar-refractivity contribution < 1.29 is 17.9 Å². The molecule has 0 aromatic heterocycles. The second kappa shape index (κ2) is 6.54. The van der Waals surface area contributed by atoms with Crippen LogP contribution in [-0.4, -0.2) is 58.8 Å². The van der Waals surface area contributed by atoms with Crippen molar-refractivity contribution in [2.75, 3.05) is 33.4 Å². The third kappa shape index (κ3) is 3.43. The highest BCUT2D eigenvalue weighted by molar-refractivity contribution is 7.89. The summed E-state index contributed by atoms with van der Waals surface area (Å²) in [5.74, 6) is 0.542. The van der Waals surface area contributed by atoms with E-state index in [2.05, 4.69) is 9.62 Å². The summed E-state index contributed by atoms with van der Waals surface area (Å²) in [6.07, 6.45) is 2.07. The molecule has 0 saturated carbocycles. The molecule has 2 fully saturated rings. The van der Waals surface area contributed by atoms with Crippen molar-refractivity contribution in [1.29, 1.82) is 0 Å². The van der Waals surface area contributed by atoms with Crippen LogP contribution >= 0.6 is 0 Å². The molecule has 0 spiro atoms. The molecule has 0 atom stereocenters. The first-order chi connectivity index (χ1) is 10.6. The molecule has 0 unspecified atom stereocenters. The van der Waals surface area contributed by atoms with E-state index in [4.69, 9.17) is 9.47 Å². The zero-order valence-electron chi connectivity index (χ0n) is 12.7. The number of hydrogen-bond donors (Lipinski definition) is 1. The maximum atomic E-state index is 12.4. The highest BCUT2D eigenvalue weighted by Gasteiger charge is 2.35. The molecule has 3 rings (SSSR count). The number of nitrogens with zero attached hydrogens (tertiary/aromatic N) is 1. The summed E-state index contributed by atoms with van der Waals surface area (Å²) >= 11 is 0. The standard InChI is InChI=1S/C15H22N2O4S/c1-20-14-3-2-4-15(9-14)22(18,19)16-12-10-17(11-12)13-5-7-21-8-6-13/h2-4,9,12-13,16H,5-8,10-11H2,1H3. The molecule has 6 nitrogen and oxygen atoms in total. The predicted molar refractivity (Wildman–Crippen MR) is 82.5 cm³/mol. The fraction of sp³-hybridized carbons (Fsp3) is 0.600. The molecule has 2 heterocycles. The smallest absolute Gasteiger partial charge is 0.241 e. The van der Waals surface area contributed by atoms with Crippen LogP contribution in [0.1, 0.15) is 12.8 Å². The van der Waals surface area contributed by atoms with Gasteiger partial charge in [-0.05, 0) is 25.0 Å². The summed E-state index contributed by atoms with van der Waals surface area (Å²) in [5, 5.41) is 0. The molecule has 1 N–H and O–H groups in total. The van der Waals surface area contributed by atoms with Gasteiger partial charge >= 0.3 is 0 Å². The van der Waals surface area contributed by atoms with Crippen molar-refractivity contribution in [3.63, 3.8) is 0 Å². The van der Waals surface area contributed by atoms with Gasteiger partial charge in [0.25, 0.3) is 0 Å². The highest BCUT2D eigenvalue weighted by atomic mass is 32.2. The molecule has 2 aliphatic heterocycles. The number of sulfonamides is 1. The van der Waals surface area contributed by atoms with Crippen molar-refractivity contribution in [2.45, 2.75) is 29.8 Å². The number of likely N-dealkylation sites (tertiary alicyclic amines) is 1. The third-order valence-corrected chi connectivity index (χ3v) is 5.81. The Kier molecular flexibility index (Phi) is 4.67. The zero-order chi connectivity index (χ0) is 15.6. The lowest BCUT2D eigenvalue weighted by atomic mass is 10.0. The Morgan fingerprint density at radius 1 is 1.27 bits per heavy atom. The number of hydrogen-bond acceptors (Lipinski definition) is 5. The molecule has 0 bridgehead atoms. The quantitative estimate of drug-likeness (QED) is 0.868. The number of nitrogens with one attached hydrogen (secondary N) is 1. The highest BCUT2D eigenvalue weighted by Crippen LogP contribution is 2.22. The summed E-state index contributed by atoms with van der Waals surface area (Å²) in [5.41, 5.74) is 0. The molecular formula is C15H22N2O4S. The van der Waals surface area contributed by atoms with Crippen LogP contribution < -0.4 is 9.46 Å². The van der Waals surface area contributed by atoms with Crippen LogP contribution in [0.5, 0.6) is 5.75 Å². The summed E-state index contributed by atoms with van der Waals surface area (Å²) in [6, 6.07) is 7.06. The van der Waals surface area contributed by atoms with Crippen LogP contribution in [0.15, 0.2) is 29.2 Å². The van der Waals surface area contributed by atoms with Crippen LogP contribution in [0, 0.1) is 0 Å². The normalized spacial score (nSPS) is 21.5. The summed E-state index contributed by atoms with van der Waals surface area (Å²) in [4.78, 5) is 2.58. The van der Waals surface area contributed by atoms with Gasteiger partial charge in [-0.15, -0.1) is 0 Å². The van der Waals surface area contributed by atoms with Crippen molar-refractivity contribution >= 4 is 10.0 Å². The number of benzene rings is 1. The first kappa shape index (κ1) is 15.7. The first-order valence-corrected chi connectivity index (χ1v) is 9.05. The Morgan fingerprint density at radius 2 is 2.00 bits per heavy atom. The van der Waals surface area contributed by atoms with E-state index in [0.717, 1.165) is 39.1 Å². The monoisotopic (exact) mass is 326 g/mol. The Labute approximate surface area is 131 Å². The second-order valence-electron chi connectivity index (χ2n) is 5.79. The van der Waals surface area contributed by atoms with Crippen molar-refractivity contribution in [1.82, 2.24) is 9.62 Å². The lowest BCUT2D eigenvalue weighted by molar-refractivity contribution is 0.000323. The minimum absolute atomic E-state index is 0.0148. The van der Waals surface area contributed by atoms with E-state index in [1.54, 1.807) is 18.2 Å². The SMILES string of the molecule is COc1cccc(S(=O)(=O)NC2CN(C3CCOCC3)C2)c1. The van der Waals surface area contributed by atoms with Gasteiger partial charge in [0.1, 0.15) is 5.75 Å². The predicted octanol–water partition coefficient (Wildman–Crippen LogP) is 0.837. The molecule has 0 aliphatic carbocycles. The van der Waals surface area contributed by atoms with Crippen molar-refractivity contribution in [2.24, 2.45) is 0 Å². The van der Waals surface area contributed by atoms with Crippen LogP contribution in [0.3, 0.4) is 0 Å². The second-order valence-corrected chi connectivity index (χ2v) is 7.51. The topological polar surface area (TPSA) is 67.9 Å². The number of rotatable bonds is 5. The zero-order valence-corrected chi connectivity index (χ0v) is 13.5. The van der Waals surface area contributed by atoms with Gasteiger partial charge in [-0.2, -0.15) is 0 Å². The van der Waals surface area contributed by atoms with E-state index < -0.39 is 10.0 Å². The molecule has 122 valence electrons. The van der Waals surface area contributed by atoms with Gasteiger partial charge in [-0.3, -0.25) is 4.90 Å². The molecule has 1 aromatic rings. The molecule has 0 amide bonds. The maximum Gasteiger partial charge on any atom is 0.241 e. The largest absolute Gasteiger partial charge is 0.497 e. The summed E-state index contributed by atoms with van der Waals surface area (Å²) < 4.78 is 38.0. The lowest BCUT2D eigenvalue weighted by Gasteiger charge is -2.45. The average Bonchev–Trinajstić information content (AvgIpc) is 2.51. The fourth-order valence-electron chi connectivity index (χ4n) is 2.99. The van der Waals surface area contributed by atoms with Gasteiger partial charge in [0, 0.05) is 44.5 Å². The van der Waals surface area contributed by atoms with E-state index in [1.165, 1.54) is 13.2 Å². The Morgan fingerprint density at radius 3 is 2.68 bits per heavy atom. The Balaban J connectivity index is 1.57. The molecule has 7 heteroatoms. The first-order valence-electron chi connectivity index (χ1n) is 7.56. The number of ether oxygens (including phenoxy) is 2.